The first-order valence-corrected chi connectivity index (χ1v) is 8.77. The maximum absolute atomic E-state index is 12.0. The van der Waals surface area contributed by atoms with Crippen LogP contribution in [0.2, 0.25) is 0 Å². The van der Waals surface area contributed by atoms with E-state index in [0.717, 1.165) is 18.8 Å². The highest BCUT2D eigenvalue weighted by Gasteiger charge is 2.14. The van der Waals surface area contributed by atoms with Gasteiger partial charge in [-0.15, -0.1) is 0 Å². The molecule has 0 aliphatic rings. The maximum Gasteiger partial charge on any atom is 0.240 e. The third-order valence-corrected chi connectivity index (χ3v) is 4.91. The zero-order chi connectivity index (χ0) is 16.0. The molecule has 0 aromatic heterocycles. The molecule has 2 N–H and O–H groups in total. The molecule has 0 heterocycles. The topological polar surface area (TPSA) is 61.4 Å². The van der Waals surface area contributed by atoms with Crippen molar-refractivity contribution in [3.05, 3.63) is 24.3 Å². The van der Waals surface area contributed by atoms with Gasteiger partial charge in [-0.3, -0.25) is 0 Å². The van der Waals surface area contributed by atoms with Gasteiger partial charge < -0.3 is 10.2 Å². The molecule has 21 heavy (non-hydrogen) atoms. The molecule has 0 bridgehead atoms. The molecule has 6 heteroatoms. The van der Waals surface area contributed by atoms with Crippen molar-refractivity contribution in [3.8, 4) is 0 Å². The summed E-state index contributed by atoms with van der Waals surface area (Å²) in [5.41, 5.74) is 0.927. The van der Waals surface area contributed by atoms with Crippen LogP contribution < -0.4 is 10.0 Å². The molecule has 0 unspecified atom stereocenters. The van der Waals surface area contributed by atoms with Crippen LogP contribution in [0.1, 0.15) is 27.7 Å². The highest BCUT2D eigenvalue weighted by Crippen LogP contribution is 2.14. The molecule has 0 aliphatic carbocycles. The molecule has 1 rings (SSSR count). The van der Waals surface area contributed by atoms with E-state index in [0.29, 0.717) is 10.9 Å². The minimum absolute atomic E-state index is 0.112. The Hall–Kier alpha value is -1.11. The van der Waals surface area contributed by atoms with Crippen LogP contribution in [0.3, 0.4) is 0 Å². The van der Waals surface area contributed by atoms with Crippen LogP contribution in [0.5, 0.6) is 0 Å². The van der Waals surface area contributed by atoms with Crippen LogP contribution in [-0.4, -0.2) is 45.5 Å². The lowest BCUT2D eigenvalue weighted by atomic mass is 10.3. The quantitative estimate of drug-likeness (QED) is 0.772. The zero-order valence-electron chi connectivity index (χ0n) is 13.6. The van der Waals surface area contributed by atoms with Gasteiger partial charge >= 0.3 is 0 Å². The summed E-state index contributed by atoms with van der Waals surface area (Å²) >= 11 is 0. The molecule has 0 amide bonds. The summed E-state index contributed by atoms with van der Waals surface area (Å²) in [6, 6.07) is 7.24. The third-order valence-electron chi connectivity index (χ3n) is 3.23. The Labute approximate surface area is 128 Å². The zero-order valence-corrected chi connectivity index (χ0v) is 14.4. The highest BCUT2D eigenvalue weighted by molar-refractivity contribution is 7.89. The number of hydrogen-bond donors (Lipinski definition) is 2. The Morgan fingerprint density at radius 1 is 1.10 bits per heavy atom. The number of anilines is 1. The summed E-state index contributed by atoms with van der Waals surface area (Å²) in [5, 5.41) is 3.29. The number of benzene rings is 1. The van der Waals surface area contributed by atoms with Gasteiger partial charge in [0.2, 0.25) is 10.0 Å². The molecule has 1 aromatic carbocycles. The van der Waals surface area contributed by atoms with Gasteiger partial charge in [-0.25, -0.2) is 13.1 Å². The molecule has 5 nitrogen and oxygen atoms in total. The molecule has 0 saturated carbocycles. The van der Waals surface area contributed by atoms with Crippen molar-refractivity contribution >= 4 is 15.7 Å². The van der Waals surface area contributed by atoms with Gasteiger partial charge in [0.15, 0.2) is 0 Å². The second-order valence-corrected chi connectivity index (χ2v) is 7.52. The predicted molar refractivity (Wildman–Crippen MR) is 88.2 cm³/mol. The van der Waals surface area contributed by atoms with E-state index in [1.807, 2.05) is 0 Å². The van der Waals surface area contributed by atoms with Gasteiger partial charge in [-0.2, -0.15) is 0 Å². The molecule has 0 fully saturated rings. The first-order valence-electron chi connectivity index (χ1n) is 7.29. The molecule has 0 atom stereocenters. The van der Waals surface area contributed by atoms with Gasteiger partial charge in [-0.05, 0) is 59.0 Å². The molecular formula is C15H27N3O2S. The lowest BCUT2D eigenvalue weighted by Crippen LogP contribution is -2.31. The van der Waals surface area contributed by atoms with Crippen molar-refractivity contribution in [2.24, 2.45) is 0 Å². The Bertz CT molecular complexity index is 524. The lowest BCUT2D eigenvalue weighted by Gasteiger charge is -2.21. The fourth-order valence-corrected chi connectivity index (χ4v) is 3.02. The van der Waals surface area contributed by atoms with E-state index >= 15 is 0 Å². The van der Waals surface area contributed by atoms with Crippen LogP contribution in [0.15, 0.2) is 29.2 Å². The van der Waals surface area contributed by atoms with Gasteiger partial charge in [0.1, 0.15) is 0 Å². The smallest absolute Gasteiger partial charge is 0.240 e. The van der Waals surface area contributed by atoms with Crippen molar-refractivity contribution in [1.82, 2.24) is 9.62 Å². The van der Waals surface area contributed by atoms with Gasteiger partial charge in [0.25, 0.3) is 0 Å². The largest absolute Gasteiger partial charge is 0.384 e. The van der Waals surface area contributed by atoms with Gasteiger partial charge in [0.05, 0.1) is 4.90 Å². The number of likely N-dealkylation sites (N-methyl/N-ethyl adjacent to an activating group) is 1. The van der Waals surface area contributed by atoms with Crippen LogP contribution in [0.4, 0.5) is 5.69 Å². The van der Waals surface area contributed by atoms with Crippen LogP contribution in [0, 0.1) is 0 Å². The molecule has 0 spiro atoms. The van der Waals surface area contributed by atoms with E-state index in [2.05, 4.69) is 35.8 Å². The summed E-state index contributed by atoms with van der Waals surface area (Å²) in [4.78, 5) is 2.54. The Morgan fingerprint density at radius 3 is 2.14 bits per heavy atom. The maximum atomic E-state index is 12.0. The van der Waals surface area contributed by atoms with Gasteiger partial charge in [0, 0.05) is 30.9 Å². The van der Waals surface area contributed by atoms with Crippen molar-refractivity contribution < 1.29 is 8.42 Å². The van der Waals surface area contributed by atoms with Gasteiger partial charge in [-0.1, -0.05) is 0 Å². The minimum atomic E-state index is -3.41. The van der Waals surface area contributed by atoms with E-state index in [9.17, 15) is 8.42 Å². The summed E-state index contributed by atoms with van der Waals surface area (Å²) in [6.07, 6.45) is 0. The fraction of sp³-hybridized carbons (Fsp3) is 0.600. The first kappa shape index (κ1) is 17.9. The summed E-state index contributed by atoms with van der Waals surface area (Å²) in [6.45, 7) is 9.68. The second-order valence-electron chi connectivity index (χ2n) is 5.80. The SMILES string of the molecule is CC(C)NS(=O)(=O)c1ccc(NCCN(C)C(C)C)cc1. The third kappa shape index (κ3) is 6.03. The number of nitrogens with one attached hydrogen (secondary N) is 2. The van der Waals surface area contributed by atoms with E-state index < -0.39 is 10.0 Å². The second kappa shape index (κ2) is 7.77. The average Bonchev–Trinajstić information content (AvgIpc) is 2.37. The van der Waals surface area contributed by atoms with Crippen molar-refractivity contribution in [2.75, 3.05) is 25.5 Å². The summed E-state index contributed by atoms with van der Waals surface area (Å²) in [7, 11) is -1.32. The fourth-order valence-electron chi connectivity index (χ4n) is 1.77. The van der Waals surface area contributed by atoms with Crippen molar-refractivity contribution in [1.29, 1.82) is 0 Å². The molecule has 0 aliphatic heterocycles. The van der Waals surface area contributed by atoms with Crippen molar-refractivity contribution in [3.63, 3.8) is 0 Å². The normalized spacial score (nSPS) is 12.4. The van der Waals surface area contributed by atoms with E-state index in [1.165, 1.54) is 0 Å². The highest BCUT2D eigenvalue weighted by atomic mass is 32.2. The van der Waals surface area contributed by atoms with E-state index in [1.54, 1.807) is 38.1 Å². The minimum Gasteiger partial charge on any atom is -0.384 e. The summed E-state index contributed by atoms with van der Waals surface area (Å²) < 4.78 is 26.6. The molecule has 1 aromatic rings. The standard InChI is InChI=1S/C15H27N3O2S/c1-12(2)17-21(19,20)15-8-6-14(7-9-15)16-10-11-18(5)13(3)4/h6-9,12-13,16-17H,10-11H2,1-5H3. The molecule has 120 valence electrons. The monoisotopic (exact) mass is 313 g/mol. The predicted octanol–water partition coefficient (Wildman–Crippen LogP) is 2.13. The van der Waals surface area contributed by atoms with Crippen LogP contribution in [-0.2, 0) is 10.0 Å². The number of nitrogens with zero attached hydrogens (tertiary/aromatic N) is 1. The van der Waals surface area contributed by atoms with Crippen LogP contribution >= 0.6 is 0 Å². The van der Waals surface area contributed by atoms with E-state index in [4.69, 9.17) is 0 Å². The number of hydrogen-bond acceptors (Lipinski definition) is 4. The molecule has 0 saturated heterocycles. The first-order chi connectivity index (χ1) is 9.72. The lowest BCUT2D eigenvalue weighted by molar-refractivity contribution is 0.284. The number of sulfonamides is 1. The Kier molecular flexibility index (Phi) is 6.64. The van der Waals surface area contributed by atoms with Crippen molar-refractivity contribution in [2.45, 2.75) is 44.7 Å². The summed E-state index contributed by atoms with van der Waals surface area (Å²) in [5.74, 6) is 0. The molecule has 0 radical (unpaired) electrons. The number of rotatable bonds is 8. The Balaban J connectivity index is 2.59. The van der Waals surface area contributed by atoms with Crippen LogP contribution in [0.25, 0.3) is 0 Å². The molecular weight excluding hydrogens is 286 g/mol. The van der Waals surface area contributed by atoms with E-state index in [-0.39, 0.29) is 6.04 Å². The average molecular weight is 313 g/mol. The Morgan fingerprint density at radius 2 is 1.67 bits per heavy atom.